The number of rotatable bonds is 2. The SMILES string of the molecule is O=C(O)C1(c2c(F)cc(F)c3c2OCCC3)CC1. The number of hydrogen-bond acceptors (Lipinski definition) is 2. The lowest BCUT2D eigenvalue weighted by Crippen LogP contribution is -2.25. The van der Waals surface area contributed by atoms with Gasteiger partial charge in [0, 0.05) is 17.2 Å². The average Bonchev–Trinajstić information content (AvgIpc) is 3.10. The quantitative estimate of drug-likeness (QED) is 0.881. The molecule has 1 heterocycles. The zero-order chi connectivity index (χ0) is 12.9. The summed E-state index contributed by atoms with van der Waals surface area (Å²) in [4.78, 5) is 11.3. The molecule has 3 nitrogen and oxygen atoms in total. The Morgan fingerprint density at radius 3 is 2.67 bits per heavy atom. The second kappa shape index (κ2) is 3.67. The van der Waals surface area contributed by atoms with E-state index in [9.17, 15) is 18.7 Å². The molecule has 18 heavy (non-hydrogen) atoms. The van der Waals surface area contributed by atoms with Crippen LogP contribution in [0.5, 0.6) is 5.75 Å². The number of benzene rings is 1. The van der Waals surface area contributed by atoms with E-state index in [1.54, 1.807) is 0 Å². The van der Waals surface area contributed by atoms with Crippen LogP contribution in [0.3, 0.4) is 0 Å². The zero-order valence-electron chi connectivity index (χ0n) is 9.63. The summed E-state index contributed by atoms with van der Waals surface area (Å²) in [5.74, 6) is -2.40. The third-order valence-corrected chi connectivity index (χ3v) is 3.74. The van der Waals surface area contributed by atoms with E-state index >= 15 is 0 Å². The molecule has 5 heteroatoms. The highest BCUT2D eigenvalue weighted by Crippen LogP contribution is 2.54. The van der Waals surface area contributed by atoms with Gasteiger partial charge >= 0.3 is 5.97 Å². The Balaban J connectivity index is 2.23. The van der Waals surface area contributed by atoms with Gasteiger partial charge in [0.2, 0.25) is 0 Å². The summed E-state index contributed by atoms with van der Waals surface area (Å²) in [5.41, 5.74) is -0.865. The molecule has 1 fully saturated rings. The number of aliphatic carboxylic acids is 1. The Bertz CT molecular complexity index is 536. The molecule has 0 bridgehead atoms. The minimum absolute atomic E-state index is 0.0334. The van der Waals surface area contributed by atoms with Crippen LogP contribution in [0.1, 0.15) is 30.4 Å². The molecule has 3 rings (SSSR count). The second-order valence-electron chi connectivity index (χ2n) is 4.86. The van der Waals surface area contributed by atoms with Gasteiger partial charge in [0.15, 0.2) is 0 Å². The molecule has 1 aromatic rings. The molecule has 0 unspecified atom stereocenters. The summed E-state index contributed by atoms with van der Waals surface area (Å²) in [5, 5.41) is 9.24. The number of hydrogen-bond donors (Lipinski definition) is 1. The van der Waals surface area contributed by atoms with E-state index in [1.807, 2.05) is 0 Å². The third-order valence-electron chi connectivity index (χ3n) is 3.74. The predicted molar refractivity (Wildman–Crippen MR) is 58.7 cm³/mol. The molecule has 1 aliphatic carbocycles. The number of carboxylic acids is 1. The smallest absolute Gasteiger partial charge is 0.314 e. The molecule has 1 N–H and O–H groups in total. The Morgan fingerprint density at radius 2 is 2.06 bits per heavy atom. The summed E-state index contributed by atoms with van der Waals surface area (Å²) in [6.45, 7) is 0.374. The molecule has 0 saturated heterocycles. The summed E-state index contributed by atoms with van der Waals surface area (Å²) < 4.78 is 33.0. The molecule has 1 saturated carbocycles. The van der Waals surface area contributed by atoms with E-state index in [4.69, 9.17) is 4.74 Å². The largest absolute Gasteiger partial charge is 0.493 e. The van der Waals surface area contributed by atoms with Gasteiger partial charge in [-0.3, -0.25) is 4.79 Å². The Morgan fingerprint density at radius 1 is 1.33 bits per heavy atom. The molecule has 0 aromatic heterocycles. The van der Waals surface area contributed by atoms with E-state index < -0.39 is 23.0 Å². The highest BCUT2D eigenvalue weighted by molar-refractivity contribution is 5.86. The summed E-state index contributed by atoms with van der Waals surface area (Å²) in [7, 11) is 0. The first-order chi connectivity index (χ1) is 8.56. The zero-order valence-corrected chi connectivity index (χ0v) is 9.63. The number of carboxylic acid groups (broad SMARTS) is 1. The van der Waals surface area contributed by atoms with Crippen molar-refractivity contribution in [2.45, 2.75) is 31.1 Å². The number of halogens is 2. The van der Waals surface area contributed by atoms with Crippen molar-refractivity contribution in [1.82, 2.24) is 0 Å². The van der Waals surface area contributed by atoms with Crippen LogP contribution < -0.4 is 4.74 Å². The van der Waals surface area contributed by atoms with Crippen molar-refractivity contribution in [2.75, 3.05) is 6.61 Å². The van der Waals surface area contributed by atoms with E-state index in [-0.39, 0.29) is 11.3 Å². The van der Waals surface area contributed by atoms with Crippen molar-refractivity contribution in [3.8, 4) is 5.75 Å². The minimum Gasteiger partial charge on any atom is -0.493 e. The van der Waals surface area contributed by atoms with Crippen LogP contribution in [-0.4, -0.2) is 17.7 Å². The average molecular weight is 254 g/mol. The van der Waals surface area contributed by atoms with E-state index in [0.29, 0.717) is 37.9 Å². The van der Waals surface area contributed by atoms with Gasteiger partial charge < -0.3 is 9.84 Å². The standard InChI is InChI=1S/C13H12F2O3/c14-8-6-9(15)10(13(3-4-13)12(16)17)11-7(8)2-1-5-18-11/h6H,1-5H2,(H,16,17). The number of carbonyl (C=O) groups is 1. The molecule has 0 radical (unpaired) electrons. The fourth-order valence-electron chi connectivity index (χ4n) is 2.60. The lowest BCUT2D eigenvalue weighted by Gasteiger charge is -2.24. The molecule has 1 aromatic carbocycles. The van der Waals surface area contributed by atoms with Gasteiger partial charge in [-0.1, -0.05) is 0 Å². The topological polar surface area (TPSA) is 46.5 Å². The van der Waals surface area contributed by atoms with Crippen LogP contribution in [0.25, 0.3) is 0 Å². The Kier molecular flexibility index (Phi) is 2.33. The molecule has 1 aliphatic heterocycles. The van der Waals surface area contributed by atoms with Gasteiger partial charge in [0.1, 0.15) is 17.4 Å². The number of ether oxygens (including phenoxy) is 1. The van der Waals surface area contributed by atoms with Crippen molar-refractivity contribution in [3.05, 3.63) is 28.8 Å². The van der Waals surface area contributed by atoms with Crippen molar-refractivity contribution >= 4 is 5.97 Å². The first kappa shape index (κ1) is 11.4. The monoisotopic (exact) mass is 254 g/mol. The van der Waals surface area contributed by atoms with Crippen LogP contribution in [0.15, 0.2) is 6.07 Å². The van der Waals surface area contributed by atoms with Crippen LogP contribution >= 0.6 is 0 Å². The normalized spacial score (nSPS) is 19.9. The van der Waals surface area contributed by atoms with Crippen LogP contribution in [-0.2, 0) is 16.6 Å². The van der Waals surface area contributed by atoms with Crippen LogP contribution in [0.4, 0.5) is 8.78 Å². The maximum Gasteiger partial charge on any atom is 0.314 e. The number of fused-ring (bicyclic) bond motifs is 1. The first-order valence-corrected chi connectivity index (χ1v) is 5.94. The maximum atomic E-state index is 14.0. The summed E-state index contributed by atoms with van der Waals surface area (Å²) >= 11 is 0. The molecule has 96 valence electrons. The van der Waals surface area contributed by atoms with Crippen molar-refractivity contribution < 1.29 is 23.4 Å². The predicted octanol–water partition coefficient (Wildman–Crippen LogP) is 2.41. The fraction of sp³-hybridized carbons (Fsp3) is 0.462. The van der Waals surface area contributed by atoms with Crippen LogP contribution in [0.2, 0.25) is 0 Å². The van der Waals surface area contributed by atoms with E-state index in [1.165, 1.54) is 0 Å². The molecular weight excluding hydrogens is 242 g/mol. The molecular formula is C13H12F2O3. The van der Waals surface area contributed by atoms with Gasteiger partial charge in [0.05, 0.1) is 12.0 Å². The lowest BCUT2D eigenvalue weighted by molar-refractivity contribution is -0.140. The fourth-order valence-corrected chi connectivity index (χ4v) is 2.60. The lowest BCUT2D eigenvalue weighted by atomic mass is 9.90. The Hall–Kier alpha value is -1.65. The Labute approximate surface area is 102 Å². The van der Waals surface area contributed by atoms with Crippen molar-refractivity contribution in [2.24, 2.45) is 0 Å². The molecule has 2 aliphatic rings. The van der Waals surface area contributed by atoms with Gasteiger partial charge in [-0.25, -0.2) is 8.78 Å². The van der Waals surface area contributed by atoms with Gasteiger partial charge in [-0.05, 0) is 25.7 Å². The van der Waals surface area contributed by atoms with Gasteiger partial charge in [0.25, 0.3) is 0 Å². The second-order valence-corrected chi connectivity index (χ2v) is 4.86. The summed E-state index contributed by atoms with van der Waals surface area (Å²) in [6.07, 6.45) is 1.88. The van der Waals surface area contributed by atoms with Crippen molar-refractivity contribution in [3.63, 3.8) is 0 Å². The van der Waals surface area contributed by atoms with E-state index in [0.717, 1.165) is 6.07 Å². The van der Waals surface area contributed by atoms with Crippen LogP contribution in [0, 0.1) is 11.6 Å². The maximum absolute atomic E-state index is 14.0. The van der Waals surface area contributed by atoms with Gasteiger partial charge in [-0.2, -0.15) is 0 Å². The molecule has 0 amide bonds. The first-order valence-electron chi connectivity index (χ1n) is 5.94. The highest BCUT2D eigenvalue weighted by Gasteiger charge is 2.55. The minimum atomic E-state index is -1.21. The van der Waals surface area contributed by atoms with Crippen molar-refractivity contribution in [1.29, 1.82) is 0 Å². The van der Waals surface area contributed by atoms with E-state index in [2.05, 4.69) is 0 Å². The molecule has 0 atom stereocenters. The third kappa shape index (κ3) is 1.43. The highest BCUT2D eigenvalue weighted by atomic mass is 19.1. The summed E-state index contributed by atoms with van der Waals surface area (Å²) in [6, 6.07) is 0.784. The van der Waals surface area contributed by atoms with Gasteiger partial charge in [-0.15, -0.1) is 0 Å². The molecule has 0 spiro atoms.